The summed E-state index contributed by atoms with van der Waals surface area (Å²) in [5, 5.41) is 13.8. The molecular formula is C19H13Cl2NO5. The lowest BCUT2D eigenvalue weighted by Crippen LogP contribution is -2.36. The number of carbonyl (C=O) groups is 2. The Hall–Kier alpha value is -2.54. The first-order chi connectivity index (χ1) is 12.9. The molecule has 0 saturated heterocycles. The summed E-state index contributed by atoms with van der Waals surface area (Å²) >= 11 is 12.1. The van der Waals surface area contributed by atoms with E-state index >= 15 is 0 Å². The van der Waals surface area contributed by atoms with Crippen LogP contribution in [0.25, 0.3) is 6.08 Å². The number of ketones is 1. The monoisotopic (exact) mass is 405 g/mol. The van der Waals surface area contributed by atoms with Gasteiger partial charge in [0.15, 0.2) is 22.9 Å². The summed E-state index contributed by atoms with van der Waals surface area (Å²) in [6, 6.07) is 8.13. The molecule has 1 amide bonds. The van der Waals surface area contributed by atoms with Crippen molar-refractivity contribution in [1.29, 1.82) is 0 Å². The van der Waals surface area contributed by atoms with Crippen LogP contribution in [0.3, 0.4) is 0 Å². The molecule has 2 N–H and O–H groups in total. The van der Waals surface area contributed by atoms with Gasteiger partial charge in [-0.05, 0) is 35.9 Å². The number of anilines is 1. The predicted octanol–water partition coefficient (Wildman–Crippen LogP) is 3.53. The number of fused-ring (bicyclic) bond motifs is 2. The maximum Gasteiger partial charge on any atom is 0.261 e. The lowest BCUT2D eigenvalue weighted by molar-refractivity contribution is -0.138. The number of allylic oxidation sites excluding steroid dienone is 1. The van der Waals surface area contributed by atoms with Gasteiger partial charge in [0.1, 0.15) is 0 Å². The van der Waals surface area contributed by atoms with Gasteiger partial charge >= 0.3 is 0 Å². The predicted molar refractivity (Wildman–Crippen MR) is 100 cm³/mol. The molecule has 0 fully saturated rings. The molecular weight excluding hydrogens is 393 g/mol. The molecule has 0 spiro atoms. The summed E-state index contributed by atoms with van der Waals surface area (Å²) in [6.45, 7) is 0.160. The van der Waals surface area contributed by atoms with Gasteiger partial charge in [0.25, 0.3) is 5.91 Å². The number of halogens is 2. The van der Waals surface area contributed by atoms with E-state index in [-0.39, 0.29) is 17.4 Å². The van der Waals surface area contributed by atoms with E-state index in [0.717, 1.165) is 5.56 Å². The second-order valence-electron chi connectivity index (χ2n) is 6.21. The molecule has 2 heterocycles. The minimum Gasteiger partial charge on any atom is -0.454 e. The molecule has 2 aliphatic heterocycles. The van der Waals surface area contributed by atoms with Gasteiger partial charge in [-0.15, -0.1) is 0 Å². The minimum absolute atomic E-state index is 0.117. The van der Waals surface area contributed by atoms with Gasteiger partial charge < -0.3 is 19.9 Å². The van der Waals surface area contributed by atoms with E-state index in [2.05, 4.69) is 5.32 Å². The van der Waals surface area contributed by atoms with E-state index in [0.29, 0.717) is 22.2 Å². The molecule has 0 aliphatic carbocycles. The Balaban J connectivity index is 1.55. The molecule has 0 bridgehead atoms. The van der Waals surface area contributed by atoms with Crippen molar-refractivity contribution in [1.82, 2.24) is 0 Å². The van der Waals surface area contributed by atoms with Crippen LogP contribution in [0.15, 0.2) is 36.4 Å². The van der Waals surface area contributed by atoms with E-state index in [1.54, 1.807) is 24.3 Å². The van der Waals surface area contributed by atoms with E-state index in [1.807, 2.05) is 0 Å². The largest absolute Gasteiger partial charge is 0.454 e. The van der Waals surface area contributed by atoms with E-state index in [4.69, 9.17) is 32.7 Å². The number of benzene rings is 2. The van der Waals surface area contributed by atoms with Gasteiger partial charge in [-0.2, -0.15) is 0 Å². The molecule has 0 unspecified atom stereocenters. The Morgan fingerprint density at radius 3 is 2.81 bits per heavy atom. The third-order valence-corrected chi connectivity index (χ3v) is 4.90. The Labute approximate surface area is 164 Å². The second-order valence-corrected chi connectivity index (χ2v) is 7.06. The SMILES string of the molecule is O=C(/C=C/c1ccc2c(c1)OCO2)C[C@@]1(O)C(=O)Nc2cc(Cl)cc(Cl)c21. The number of aliphatic hydroxyl groups is 1. The van der Waals surface area contributed by atoms with Gasteiger partial charge in [-0.3, -0.25) is 9.59 Å². The third-order valence-electron chi connectivity index (χ3n) is 4.38. The number of hydrogen-bond acceptors (Lipinski definition) is 5. The molecule has 2 aromatic carbocycles. The fourth-order valence-corrected chi connectivity index (χ4v) is 3.77. The normalized spacial score (nSPS) is 20.0. The van der Waals surface area contributed by atoms with Gasteiger partial charge in [0, 0.05) is 10.6 Å². The highest BCUT2D eigenvalue weighted by Crippen LogP contribution is 2.44. The standard InChI is InChI=1S/C19H13Cl2NO5/c20-11-6-13(21)17-14(7-11)22-18(24)19(17,25)8-12(23)3-1-10-2-4-15-16(5-10)27-9-26-15/h1-7,25H,8-9H2,(H,22,24)/b3-1+/t19-/m0/s1. The second kappa shape index (κ2) is 6.56. The average molecular weight is 406 g/mol. The van der Waals surface area contributed by atoms with E-state index in [9.17, 15) is 14.7 Å². The average Bonchev–Trinajstić information content (AvgIpc) is 3.15. The molecule has 2 aliphatic rings. The lowest BCUT2D eigenvalue weighted by Gasteiger charge is -2.20. The van der Waals surface area contributed by atoms with Crippen molar-refractivity contribution in [3.63, 3.8) is 0 Å². The first kappa shape index (κ1) is 17.9. The fraction of sp³-hybridized carbons (Fsp3) is 0.158. The van der Waals surface area contributed by atoms with Crippen molar-refractivity contribution in [3.05, 3.63) is 57.6 Å². The zero-order valence-corrected chi connectivity index (χ0v) is 15.3. The molecule has 0 aromatic heterocycles. The van der Waals surface area contributed by atoms with Crippen LogP contribution >= 0.6 is 23.2 Å². The Morgan fingerprint density at radius 2 is 2.00 bits per heavy atom. The third kappa shape index (κ3) is 3.16. The summed E-state index contributed by atoms with van der Waals surface area (Å²) in [7, 11) is 0. The molecule has 6 nitrogen and oxygen atoms in total. The van der Waals surface area contributed by atoms with Crippen molar-refractivity contribution in [2.45, 2.75) is 12.0 Å². The molecule has 2 aromatic rings. The van der Waals surface area contributed by atoms with Gasteiger partial charge in [-0.25, -0.2) is 0 Å². The van der Waals surface area contributed by atoms with Crippen LogP contribution < -0.4 is 14.8 Å². The molecule has 138 valence electrons. The van der Waals surface area contributed by atoms with Crippen LogP contribution in [0.4, 0.5) is 5.69 Å². The van der Waals surface area contributed by atoms with Gasteiger partial charge in [0.05, 0.1) is 17.1 Å². The number of rotatable bonds is 4. The lowest BCUT2D eigenvalue weighted by atomic mass is 9.89. The zero-order chi connectivity index (χ0) is 19.2. The van der Waals surface area contributed by atoms with Crippen LogP contribution in [0.1, 0.15) is 17.5 Å². The highest BCUT2D eigenvalue weighted by Gasteiger charge is 2.48. The highest BCUT2D eigenvalue weighted by molar-refractivity contribution is 6.36. The number of nitrogens with one attached hydrogen (secondary N) is 1. The summed E-state index contributed by atoms with van der Waals surface area (Å²) in [6.07, 6.45) is 2.42. The first-order valence-corrected chi connectivity index (χ1v) is 8.76. The Bertz CT molecular complexity index is 1000. The van der Waals surface area contributed by atoms with Crippen LogP contribution in [-0.4, -0.2) is 23.6 Å². The maximum absolute atomic E-state index is 12.4. The van der Waals surface area contributed by atoms with Crippen LogP contribution in [0.2, 0.25) is 10.0 Å². The maximum atomic E-state index is 12.4. The molecule has 0 radical (unpaired) electrons. The van der Waals surface area contributed by atoms with Crippen molar-refractivity contribution >= 4 is 46.7 Å². The summed E-state index contributed by atoms with van der Waals surface area (Å²) in [5.41, 5.74) is -0.871. The van der Waals surface area contributed by atoms with Crippen molar-refractivity contribution in [2.75, 3.05) is 12.1 Å². The fourth-order valence-electron chi connectivity index (χ4n) is 3.12. The summed E-state index contributed by atoms with van der Waals surface area (Å²) in [5.74, 6) is 0.0759. The summed E-state index contributed by atoms with van der Waals surface area (Å²) in [4.78, 5) is 24.7. The van der Waals surface area contributed by atoms with Crippen LogP contribution in [0, 0.1) is 0 Å². The molecule has 8 heteroatoms. The number of amides is 1. The van der Waals surface area contributed by atoms with E-state index in [1.165, 1.54) is 18.2 Å². The zero-order valence-electron chi connectivity index (χ0n) is 13.8. The van der Waals surface area contributed by atoms with Crippen molar-refractivity contribution in [3.8, 4) is 11.5 Å². The van der Waals surface area contributed by atoms with Gasteiger partial charge in [0.2, 0.25) is 6.79 Å². The summed E-state index contributed by atoms with van der Waals surface area (Å²) < 4.78 is 10.5. The Morgan fingerprint density at radius 1 is 1.22 bits per heavy atom. The number of hydrogen-bond donors (Lipinski definition) is 2. The van der Waals surface area contributed by atoms with Crippen molar-refractivity contribution in [2.24, 2.45) is 0 Å². The van der Waals surface area contributed by atoms with Crippen LogP contribution in [-0.2, 0) is 15.2 Å². The molecule has 1 atom stereocenters. The van der Waals surface area contributed by atoms with Gasteiger partial charge in [-0.1, -0.05) is 35.3 Å². The van der Waals surface area contributed by atoms with Crippen molar-refractivity contribution < 1.29 is 24.2 Å². The topological polar surface area (TPSA) is 84.9 Å². The molecule has 4 rings (SSSR count). The first-order valence-electron chi connectivity index (χ1n) is 8.01. The highest BCUT2D eigenvalue weighted by atomic mass is 35.5. The Kier molecular flexibility index (Phi) is 4.34. The molecule has 27 heavy (non-hydrogen) atoms. The smallest absolute Gasteiger partial charge is 0.261 e. The minimum atomic E-state index is -2.05. The number of ether oxygens (including phenoxy) is 2. The number of carbonyl (C=O) groups excluding carboxylic acids is 2. The quantitative estimate of drug-likeness (QED) is 0.759. The molecule has 0 saturated carbocycles. The van der Waals surface area contributed by atoms with Crippen LogP contribution in [0.5, 0.6) is 11.5 Å². The van der Waals surface area contributed by atoms with E-state index < -0.39 is 23.7 Å².